The number of carbonyl (C=O) groups is 1. The summed E-state index contributed by atoms with van der Waals surface area (Å²) >= 11 is 0. The van der Waals surface area contributed by atoms with Crippen LogP contribution in [0.4, 0.5) is 0 Å². The smallest absolute Gasteiger partial charge is 0.224 e. The monoisotopic (exact) mass is 335 g/mol. The molecule has 25 heavy (non-hydrogen) atoms. The molecular formula is C20H17NO4. The van der Waals surface area contributed by atoms with Crippen molar-refractivity contribution in [1.29, 1.82) is 0 Å². The van der Waals surface area contributed by atoms with Crippen molar-refractivity contribution in [3.05, 3.63) is 88.3 Å². The van der Waals surface area contributed by atoms with Gasteiger partial charge in [-0.1, -0.05) is 30.3 Å². The summed E-state index contributed by atoms with van der Waals surface area (Å²) in [4.78, 5) is 23.5. The van der Waals surface area contributed by atoms with E-state index in [4.69, 9.17) is 9.47 Å². The Bertz CT molecular complexity index is 915. The summed E-state index contributed by atoms with van der Waals surface area (Å²) in [5.74, 6) is 0.941. The van der Waals surface area contributed by atoms with Crippen LogP contribution in [0.2, 0.25) is 0 Å². The summed E-state index contributed by atoms with van der Waals surface area (Å²) in [6, 6.07) is 18.0. The highest BCUT2D eigenvalue weighted by Crippen LogP contribution is 2.16. The highest BCUT2D eigenvalue weighted by atomic mass is 16.5. The largest absolute Gasteiger partial charge is 0.497 e. The molecule has 0 bridgehead atoms. The minimum atomic E-state index is -0.331. The third-order valence-electron chi connectivity index (χ3n) is 3.75. The number of nitrogens with zero attached hydrogens (tertiary/aromatic N) is 1. The lowest BCUT2D eigenvalue weighted by molar-refractivity contribution is 0.111. The van der Waals surface area contributed by atoms with Gasteiger partial charge in [0.15, 0.2) is 12.0 Å². The molecule has 126 valence electrons. The van der Waals surface area contributed by atoms with Gasteiger partial charge >= 0.3 is 0 Å². The Morgan fingerprint density at radius 2 is 1.76 bits per heavy atom. The maximum absolute atomic E-state index is 12.2. The zero-order chi connectivity index (χ0) is 17.6. The molecule has 1 aromatic heterocycles. The van der Waals surface area contributed by atoms with Gasteiger partial charge in [-0.05, 0) is 29.8 Å². The van der Waals surface area contributed by atoms with Crippen molar-refractivity contribution in [2.24, 2.45) is 0 Å². The van der Waals surface area contributed by atoms with Gasteiger partial charge in [0.25, 0.3) is 0 Å². The average Bonchev–Trinajstić information content (AvgIpc) is 2.67. The average molecular weight is 335 g/mol. The molecule has 0 saturated heterocycles. The summed E-state index contributed by atoms with van der Waals surface area (Å²) in [6.07, 6.45) is 2.20. The summed E-state index contributed by atoms with van der Waals surface area (Å²) in [5.41, 5.74) is 1.63. The topological polar surface area (TPSA) is 57.5 Å². The molecule has 0 amide bonds. The molecule has 5 nitrogen and oxygen atoms in total. The number of rotatable bonds is 6. The molecule has 0 spiro atoms. The molecule has 0 N–H and O–H groups in total. The molecule has 0 saturated carbocycles. The normalized spacial score (nSPS) is 10.3. The van der Waals surface area contributed by atoms with E-state index in [-0.39, 0.29) is 23.5 Å². The lowest BCUT2D eigenvalue weighted by Gasteiger charge is -2.13. The van der Waals surface area contributed by atoms with Crippen molar-refractivity contribution >= 4 is 6.29 Å². The quantitative estimate of drug-likeness (QED) is 0.649. The predicted molar refractivity (Wildman–Crippen MR) is 94.8 cm³/mol. The van der Waals surface area contributed by atoms with Crippen LogP contribution in [0.5, 0.6) is 11.5 Å². The third-order valence-corrected chi connectivity index (χ3v) is 3.75. The highest BCUT2D eigenvalue weighted by molar-refractivity contribution is 5.73. The van der Waals surface area contributed by atoms with Crippen LogP contribution in [-0.4, -0.2) is 18.0 Å². The first-order valence-electron chi connectivity index (χ1n) is 7.74. The van der Waals surface area contributed by atoms with Gasteiger partial charge in [0.2, 0.25) is 5.43 Å². The van der Waals surface area contributed by atoms with Gasteiger partial charge in [-0.3, -0.25) is 9.59 Å². The molecule has 3 rings (SSSR count). The van der Waals surface area contributed by atoms with Crippen molar-refractivity contribution in [2.45, 2.75) is 6.61 Å². The molecule has 0 radical (unpaired) electrons. The second kappa shape index (κ2) is 7.49. The number of hydrogen-bond donors (Lipinski definition) is 0. The number of benzene rings is 2. The van der Waals surface area contributed by atoms with Gasteiger partial charge in [-0.25, -0.2) is 0 Å². The number of aldehydes is 1. The lowest BCUT2D eigenvalue weighted by atomic mass is 10.2. The van der Waals surface area contributed by atoms with Crippen LogP contribution in [0.1, 0.15) is 16.1 Å². The van der Waals surface area contributed by atoms with Crippen LogP contribution >= 0.6 is 0 Å². The van der Waals surface area contributed by atoms with E-state index in [9.17, 15) is 9.59 Å². The van der Waals surface area contributed by atoms with Crippen molar-refractivity contribution in [2.75, 3.05) is 7.11 Å². The molecule has 0 atom stereocenters. The van der Waals surface area contributed by atoms with E-state index in [1.165, 1.54) is 6.07 Å². The van der Waals surface area contributed by atoms with E-state index in [0.29, 0.717) is 6.29 Å². The van der Waals surface area contributed by atoms with E-state index in [1.54, 1.807) is 17.9 Å². The first kappa shape index (κ1) is 16.5. The lowest BCUT2D eigenvalue weighted by Crippen LogP contribution is -2.14. The minimum Gasteiger partial charge on any atom is -0.497 e. The molecule has 0 fully saturated rings. The molecule has 0 aliphatic carbocycles. The fraction of sp³-hybridized carbons (Fsp3) is 0.100. The summed E-state index contributed by atoms with van der Waals surface area (Å²) in [6.45, 7) is 0.245. The van der Waals surface area contributed by atoms with Crippen LogP contribution in [-0.2, 0) is 6.61 Å². The van der Waals surface area contributed by atoms with Gasteiger partial charge < -0.3 is 14.0 Å². The van der Waals surface area contributed by atoms with Gasteiger partial charge in [-0.15, -0.1) is 0 Å². The first-order valence-corrected chi connectivity index (χ1v) is 7.74. The summed E-state index contributed by atoms with van der Waals surface area (Å²) in [7, 11) is 1.60. The SMILES string of the molecule is COc1ccc(COc2cn(-c3ccccc3)c(C=O)cc2=O)cc1. The molecule has 0 aliphatic rings. The van der Waals surface area contributed by atoms with Crippen LogP contribution in [0.15, 0.2) is 71.7 Å². The Labute approximate surface area is 145 Å². The van der Waals surface area contributed by atoms with E-state index in [2.05, 4.69) is 0 Å². The zero-order valence-corrected chi connectivity index (χ0v) is 13.7. The number of para-hydroxylation sites is 1. The molecular weight excluding hydrogens is 318 g/mol. The standard InChI is InChI=1S/C20H17NO4/c1-24-18-9-7-15(8-10-18)14-25-20-12-21(16-5-3-2-4-6-16)17(13-22)11-19(20)23/h2-13H,14H2,1H3. The Kier molecular flexibility index (Phi) is 4.95. The summed E-state index contributed by atoms with van der Waals surface area (Å²) < 4.78 is 12.4. The van der Waals surface area contributed by atoms with Gasteiger partial charge in [0.1, 0.15) is 12.4 Å². The number of aromatic nitrogens is 1. The molecule has 1 heterocycles. The number of hydrogen-bond acceptors (Lipinski definition) is 4. The minimum absolute atomic E-state index is 0.185. The highest BCUT2D eigenvalue weighted by Gasteiger charge is 2.09. The van der Waals surface area contributed by atoms with Crippen molar-refractivity contribution in [3.8, 4) is 17.2 Å². The first-order chi connectivity index (χ1) is 12.2. The Hall–Kier alpha value is -3.34. The zero-order valence-electron chi connectivity index (χ0n) is 13.7. The number of pyridine rings is 1. The Balaban J connectivity index is 1.88. The second-order valence-corrected chi connectivity index (χ2v) is 5.39. The molecule has 2 aromatic carbocycles. The van der Waals surface area contributed by atoms with Crippen LogP contribution in [0.3, 0.4) is 0 Å². The molecule has 0 aliphatic heterocycles. The number of carbonyl (C=O) groups excluding carboxylic acids is 1. The van der Waals surface area contributed by atoms with Gasteiger partial charge in [-0.2, -0.15) is 0 Å². The fourth-order valence-electron chi connectivity index (χ4n) is 2.42. The number of methoxy groups -OCH3 is 1. The van der Waals surface area contributed by atoms with Crippen molar-refractivity contribution in [1.82, 2.24) is 4.57 Å². The van der Waals surface area contributed by atoms with Crippen LogP contribution < -0.4 is 14.9 Å². The number of ether oxygens (including phenoxy) is 2. The Morgan fingerprint density at radius 3 is 2.40 bits per heavy atom. The predicted octanol–water partition coefficient (Wildman–Crippen LogP) is 3.24. The summed E-state index contributed by atoms with van der Waals surface area (Å²) in [5, 5.41) is 0. The molecule has 3 aromatic rings. The second-order valence-electron chi connectivity index (χ2n) is 5.39. The Morgan fingerprint density at radius 1 is 1.04 bits per heavy atom. The van der Waals surface area contributed by atoms with Gasteiger partial charge in [0, 0.05) is 11.8 Å². The maximum atomic E-state index is 12.2. The maximum Gasteiger partial charge on any atom is 0.224 e. The fourth-order valence-corrected chi connectivity index (χ4v) is 2.42. The van der Waals surface area contributed by atoms with Crippen molar-refractivity contribution in [3.63, 3.8) is 0 Å². The third kappa shape index (κ3) is 3.77. The van der Waals surface area contributed by atoms with E-state index >= 15 is 0 Å². The van der Waals surface area contributed by atoms with Gasteiger partial charge in [0.05, 0.1) is 19.0 Å². The van der Waals surface area contributed by atoms with Crippen LogP contribution in [0, 0.1) is 0 Å². The molecule has 0 unspecified atom stereocenters. The van der Waals surface area contributed by atoms with E-state index < -0.39 is 0 Å². The molecule has 5 heteroatoms. The van der Waals surface area contributed by atoms with Crippen LogP contribution in [0.25, 0.3) is 5.69 Å². The van der Waals surface area contributed by atoms with E-state index in [1.807, 2.05) is 54.6 Å². The van der Waals surface area contributed by atoms with E-state index in [0.717, 1.165) is 17.0 Å². The van der Waals surface area contributed by atoms with Crippen molar-refractivity contribution < 1.29 is 14.3 Å².